The van der Waals surface area contributed by atoms with Gasteiger partial charge in [-0.05, 0) is 5.56 Å². The summed E-state index contributed by atoms with van der Waals surface area (Å²) >= 11 is 0. The van der Waals surface area contributed by atoms with Crippen molar-refractivity contribution in [1.29, 1.82) is 0 Å². The summed E-state index contributed by atoms with van der Waals surface area (Å²) in [5, 5.41) is 0. The molecule has 0 saturated carbocycles. The van der Waals surface area contributed by atoms with Gasteiger partial charge in [0.15, 0.2) is 0 Å². The van der Waals surface area contributed by atoms with Crippen molar-refractivity contribution in [2.75, 3.05) is 0 Å². The maximum atomic E-state index is 5.66. The SMILES string of the molecule is NCc1cnc2ncc(-c3ccccc3)cn12. The van der Waals surface area contributed by atoms with E-state index in [4.69, 9.17) is 5.73 Å². The van der Waals surface area contributed by atoms with Crippen LogP contribution in [0.5, 0.6) is 0 Å². The Balaban J connectivity index is 2.19. The largest absolute Gasteiger partial charge is 0.325 e. The van der Waals surface area contributed by atoms with Gasteiger partial charge in [0, 0.05) is 24.5 Å². The Hall–Kier alpha value is -2.20. The lowest BCUT2D eigenvalue weighted by Crippen LogP contribution is -2.01. The molecule has 2 N–H and O–H groups in total. The highest BCUT2D eigenvalue weighted by Crippen LogP contribution is 2.18. The zero-order valence-electron chi connectivity index (χ0n) is 9.24. The summed E-state index contributed by atoms with van der Waals surface area (Å²) in [7, 11) is 0. The van der Waals surface area contributed by atoms with E-state index in [1.165, 1.54) is 0 Å². The van der Waals surface area contributed by atoms with E-state index >= 15 is 0 Å². The zero-order chi connectivity index (χ0) is 11.7. The van der Waals surface area contributed by atoms with Crippen molar-refractivity contribution in [3.05, 3.63) is 54.6 Å². The van der Waals surface area contributed by atoms with Crippen LogP contribution < -0.4 is 5.73 Å². The van der Waals surface area contributed by atoms with E-state index in [9.17, 15) is 0 Å². The number of aromatic nitrogens is 3. The summed E-state index contributed by atoms with van der Waals surface area (Å²) < 4.78 is 1.93. The second kappa shape index (κ2) is 3.99. The molecule has 2 aromatic heterocycles. The lowest BCUT2D eigenvalue weighted by atomic mass is 10.1. The predicted molar refractivity (Wildman–Crippen MR) is 66.3 cm³/mol. The van der Waals surface area contributed by atoms with E-state index in [2.05, 4.69) is 22.1 Å². The average molecular weight is 224 g/mol. The highest BCUT2D eigenvalue weighted by molar-refractivity contribution is 5.62. The van der Waals surface area contributed by atoms with Gasteiger partial charge in [-0.1, -0.05) is 30.3 Å². The van der Waals surface area contributed by atoms with E-state index in [1.54, 1.807) is 6.20 Å². The first-order chi connectivity index (χ1) is 8.38. The fraction of sp³-hybridized carbons (Fsp3) is 0.0769. The number of hydrogen-bond donors (Lipinski definition) is 1. The van der Waals surface area contributed by atoms with Crippen LogP contribution in [0.2, 0.25) is 0 Å². The Morgan fingerprint density at radius 3 is 2.53 bits per heavy atom. The fourth-order valence-electron chi connectivity index (χ4n) is 1.85. The van der Waals surface area contributed by atoms with Gasteiger partial charge < -0.3 is 5.73 Å². The first-order valence-corrected chi connectivity index (χ1v) is 5.46. The lowest BCUT2D eigenvalue weighted by molar-refractivity contribution is 0.948. The second-order valence-corrected chi connectivity index (χ2v) is 3.83. The monoisotopic (exact) mass is 224 g/mol. The van der Waals surface area contributed by atoms with Gasteiger partial charge in [0.2, 0.25) is 5.78 Å². The molecular formula is C13H12N4. The third kappa shape index (κ3) is 1.68. The molecule has 0 atom stereocenters. The first-order valence-electron chi connectivity index (χ1n) is 5.46. The maximum absolute atomic E-state index is 5.66. The van der Waals surface area contributed by atoms with Crippen molar-refractivity contribution in [2.24, 2.45) is 5.73 Å². The van der Waals surface area contributed by atoms with Crippen LogP contribution in [-0.4, -0.2) is 14.4 Å². The van der Waals surface area contributed by atoms with Crippen molar-refractivity contribution < 1.29 is 0 Å². The van der Waals surface area contributed by atoms with Crippen LogP contribution in [0.25, 0.3) is 16.9 Å². The molecule has 0 aliphatic carbocycles. The molecule has 0 aliphatic heterocycles. The zero-order valence-corrected chi connectivity index (χ0v) is 9.24. The normalized spacial score (nSPS) is 10.9. The fourth-order valence-corrected chi connectivity index (χ4v) is 1.85. The van der Waals surface area contributed by atoms with Crippen LogP contribution in [0, 0.1) is 0 Å². The predicted octanol–water partition coefficient (Wildman–Crippen LogP) is 1.85. The number of rotatable bonds is 2. The molecule has 0 bridgehead atoms. The minimum Gasteiger partial charge on any atom is -0.325 e. The van der Waals surface area contributed by atoms with Crippen LogP contribution in [-0.2, 0) is 6.54 Å². The second-order valence-electron chi connectivity index (χ2n) is 3.83. The van der Waals surface area contributed by atoms with Gasteiger partial charge in [0.05, 0.1) is 11.9 Å². The molecule has 4 nitrogen and oxygen atoms in total. The molecule has 0 fully saturated rings. The quantitative estimate of drug-likeness (QED) is 0.722. The summed E-state index contributed by atoms with van der Waals surface area (Å²) in [5.74, 6) is 0.685. The van der Waals surface area contributed by atoms with Crippen molar-refractivity contribution >= 4 is 5.78 Å². The number of hydrogen-bond acceptors (Lipinski definition) is 3. The first kappa shape index (κ1) is 9.99. The summed E-state index contributed by atoms with van der Waals surface area (Å²) in [5.41, 5.74) is 8.82. The number of nitrogens with two attached hydrogens (primary N) is 1. The number of nitrogens with zero attached hydrogens (tertiary/aromatic N) is 3. The molecule has 84 valence electrons. The molecule has 0 saturated heterocycles. The highest BCUT2D eigenvalue weighted by atomic mass is 15.1. The summed E-state index contributed by atoms with van der Waals surface area (Å²) in [6, 6.07) is 10.1. The molecule has 4 heteroatoms. The molecule has 0 spiro atoms. The smallest absolute Gasteiger partial charge is 0.233 e. The van der Waals surface area contributed by atoms with Crippen LogP contribution in [0.4, 0.5) is 0 Å². The van der Waals surface area contributed by atoms with Crippen LogP contribution in [0.15, 0.2) is 48.9 Å². The number of imidazole rings is 1. The highest BCUT2D eigenvalue weighted by Gasteiger charge is 2.04. The number of benzene rings is 1. The Morgan fingerprint density at radius 2 is 1.76 bits per heavy atom. The molecule has 0 aliphatic rings. The van der Waals surface area contributed by atoms with Crippen LogP contribution >= 0.6 is 0 Å². The average Bonchev–Trinajstić information content (AvgIpc) is 2.81. The Labute approximate surface area is 98.8 Å². The third-order valence-electron chi connectivity index (χ3n) is 2.76. The Bertz CT molecular complexity index is 643. The molecule has 1 aromatic carbocycles. The summed E-state index contributed by atoms with van der Waals surface area (Å²) in [6.07, 6.45) is 5.61. The topological polar surface area (TPSA) is 56.2 Å². The van der Waals surface area contributed by atoms with Gasteiger partial charge >= 0.3 is 0 Å². The van der Waals surface area contributed by atoms with Gasteiger partial charge in [-0.15, -0.1) is 0 Å². The van der Waals surface area contributed by atoms with Gasteiger partial charge in [0.25, 0.3) is 0 Å². The molecule has 0 amide bonds. The van der Waals surface area contributed by atoms with Crippen molar-refractivity contribution in [2.45, 2.75) is 6.54 Å². The van der Waals surface area contributed by atoms with E-state index < -0.39 is 0 Å². The summed E-state index contributed by atoms with van der Waals surface area (Å²) in [4.78, 5) is 8.52. The maximum Gasteiger partial charge on any atom is 0.233 e. The Morgan fingerprint density at radius 1 is 1.00 bits per heavy atom. The van der Waals surface area contributed by atoms with E-state index in [1.807, 2.05) is 35.0 Å². The molecule has 3 rings (SSSR count). The molecule has 0 radical (unpaired) electrons. The minimum absolute atomic E-state index is 0.459. The lowest BCUT2D eigenvalue weighted by Gasteiger charge is -2.03. The number of fused-ring (bicyclic) bond motifs is 1. The van der Waals surface area contributed by atoms with Crippen LogP contribution in [0.3, 0.4) is 0 Å². The minimum atomic E-state index is 0.459. The van der Waals surface area contributed by atoms with Gasteiger partial charge in [0.1, 0.15) is 0 Å². The standard InChI is InChI=1S/C13H12N4/c14-6-12-8-16-13-15-7-11(9-17(12)13)10-4-2-1-3-5-10/h1-5,7-9H,6,14H2. The van der Waals surface area contributed by atoms with Crippen molar-refractivity contribution in [3.63, 3.8) is 0 Å². The molecular weight excluding hydrogens is 212 g/mol. The van der Waals surface area contributed by atoms with Gasteiger partial charge in [-0.25, -0.2) is 9.97 Å². The van der Waals surface area contributed by atoms with E-state index in [-0.39, 0.29) is 0 Å². The third-order valence-corrected chi connectivity index (χ3v) is 2.76. The summed E-state index contributed by atoms with van der Waals surface area (Å²) in [6.45, 7) is 0.459. The van der Waals surface area contributed by atoms with Gasteiger partial charge in [-0.2, -0.15) is 0 Å². The van der Waals surface area contributed by atoms with Gasteiger partial charge in [-0.3, -0.25) is 4.40 Å². The Kier molecular flexibility index (Phi) is 2.34. The molecule has 17 heavy (non-hydrogen) atoms. The van der Waals surface area contributed by atoms with E-state index in [0.717, 1.165) is 16.8 Å². The molecule has 0 unspecified atom stereocenters. The van der Waals surface area contributed by atoms with Crippen molar-refractivity contribution in [1.82, 2.24) is 14.4 Å². The molecule has 3 aromatic rings. The van der Waals surface area contributed by atoms with Crippen LogP contribution in [0.1, 0.15) is 5.69 Å². The van der Waals surface area contributed by atoms with Crippen molar-refractivity contribution in [3.8, 4) is 11.1 Å². The molecule has 2 heterocycles. The van der Waals surface area contributed by atoms with E-state index in [0.29, 0.717) is 12.3 Å².